The molecule has 1 N–H and O–H groups in total. The highest BCUT2D eigenvalue weighted by molar-refractivity contribution is 7.13. The molecule has 5 rings (SSSR count). The van der Waals surface area contributed by atoms with E-state index >= 15 is 0 Å². The molecule has 0 radical (unpaired) electrons. The molecule has 1 aliphatic rings. The second-order valence-corrected chi connectivity index (χ2v) is 10.3. The molecule has 0 spiro atoms. The van der Waals surface area contributed by atoms with Gasteiger partial charge in [0.15, 0.2) is 0 Å². The number of hydrogen-bond donors (Lipinski definition) is 1. The van der Waals surface area contributed by atoms with Crippen LogP contribution in [0, 0.1) is 12.8 Å². The molecule has 4 aromatic rings. The third-order valence-corrected chi connectivity index (χ3v) is 7.93. The molecule has 1 aliphatic carbocycles. The lowest BCUT2D eigenvalue weighted by molar-refractivity contribution is 0.0949. The fraction of sp³-hybridized carbons (Fsp3) is 0.345. The van der Waals surface area contributed by atoms with Gasteiger partial charge in [-0.25, -0.2) is 4.98 Å². The van der Waals surface area contributed by atoms with Crippen LogP contribution in [0.3, 0.4) is 0 Å². The highest BCUT2D eigenvalue weighted by Gasteiger charge is 2.23. The van der Waals surface area contributed by atoms with E-state index in [2.05, 4.69) is 27.2 Å². The SMILES string of the molecule is COc1ccc(-c2nc(-c3cc(C(=O)NCc4ccccn4)c(C)n3CC3CCCCC3)cs2)cc1. The summed E-state index contributed by atoms with van der Waals surface area (Å²) in [5.41, 5.74) is 5.52. The van der Waals surface area contributed by atoms with Crippen molar-refractivity contribution in [2.24, 2.45) is 5.92 Å². The summed E-state index contributed by atoms with van der Waals surface area (Å²) in [6.07, 6.45) is 8.13. The topological polar surface area (TPSA) is 69.0 Å². The molecular formula is C29H32N4O2S. The average molecular weight is 501 g/mol. The zero-order chi connectivity index (χ0) is 24.9. The minimum atomic E-state index is -0.0765. The van der Waals surface area contributed by atoms with Gasteiger partial charge in [-0.05, 0) is 68.1 Å². The predicted molar refractivity (Wildman–Crippen MR) is 144 cm³/mol. The molecule has 0 aliphatic heterocycles. The second-order valence-electron chi connectivity index (χ2n) is 9.41. The van der Waals surface area contributed by atoms with E-state index in [-0.39, 0.29) is 5.91 Å². The lowest BCUT2D eigenvalue weighted by atomic mass is 9.89. The van der Waals surface area contributed by atoms with Gasteiger partial charge in [-0.15, -0.1) is 11.3 Å². The monoisotopic (exact) mass is 500 g/mol. The molecule has 186 valence electrons. The highest BCUT2D eigenvalue weighted by atomic mass is 32.1. The van der Waals surface area contributed by atoms with Gasteiger partial charge >= 0.3 is 0 Å². The molecule has 1 amide bonds. The molecule has 3 heterocycles. The predicted octanol–water partition coefficient (Wildman–Crippen LogP) is 6.50. The lowest BCUT2D eigenvalue weighted by Gasteiger charge is -2.24. The Kier molecular flexibility index (Phi) is 7.47. The second kappa shape index (κ2) is 11.1. The van der Waals surface area contributed by atoms with Crippen LogP contribution in [0.1, 0.15) is 53.8 Å². The van der Waals surface area contributed by atoms with Gasteiger partial charge < -0.3 is 14.6 Å². The van der Waals surface area contributed by atoms with Crippen molar-refractivity contribution in [1.82, 2.24) is 19.9 Å². The van der Waals surface area contributed by atoms with Crippen LogP contribution in [0.4, 0.5) is 0 Å². The molecular weight excluding hydrogens is 468 g/mol. The molecule has 6 nitrogen and oxygen atoms in total. The zero-order valence-corrected chi connectivity index (χ0v) is 21.7. The van der Waals surface area contributed by atoms with Gasteiger partial charge in [0.05, 0.1) is 36.3 Å². The van der Waals surface area contributed by atoms with Crippen molar-refractivity contribution in [2.75, 3.05) is 7.11 Å². The van der Waals surface area contributed by atoms with Gasteiger partial charge in [-0.2, -0.15) is 0 Å². The Morgan fingerprint density at radius 2 is 1.94 bits per heavy atom. The number of hydrogen-bond acceptors (Lipinski definition) is 5. The van der Waals surface area contributed by atoms with Crippen LogP contribution >= 0.6 is 11.3 Å². The molecule has 1 aromatic carbocycles. The van der Waals surface area contributed by atoms with Crippen LogP contribution in [0.15, 0.2) is 60.1 Å². The number of carbonyl (C=O) groups excluding carboxylic acids is 1. The number of thiazole rings is 1. The first-order valence-electron chi connectivity index (χ1n) is 12.6. The van der Waals surface area contributed by atoms with Gasteiger partial charge in [-0.1, -0.05) is 25.3 Å². The average Bonchev–Trinajstić information content (AvgIpc) is 3.54. The maximum Gasteiger partial charge on any atom is 0.253 e. The molecule has 0 bridgehead atoms. The van der Waals surface area contributed by atoms with E-state index in [0.29, 0.717) is 18.0 Å². The number of amides is 1. The standard InChI is InChI=1S/C29H32N4O2S/c1-20-25(28(34)31-17-23-10-6-7-15-30-23)16-27(33(20)18-21-8-4-3-5-9-21)26-19-36-29(32-26)22-11-13-24(35-2)14-12-22/h6-7,10-16,19,21H,3-5,8-9,17-18H2,1-2H3,(H,31,34). The summed E-state index contributed by atoms with van der Waals surface area (Å²) in [6.45, 7) is 3.38. The molecule has 36 heavy (non-hydrogen) atoms. The molecule has 0 unspecified atom stereocenters. The van der Waals surface area contributed by atoms with Gasteiger partial charge in [-0.3, -0.25) is 9.78 Å². The Bertz CT molecular complexity index is 1310. The number of ether oxygens (including phenoxy) is 1. The van der Waals surface area contributed by atoms with Gasteiger partial charge in [0.25, 0.3) is 5.91 Å². The molecule has 7 heteroatoms. The molecule has 0 atom stereocenters. The Morgan fingerprint density at radius 1 is 1.14 bits per heavy atom. The summed E-state index contributed by atoms with van der Waals surface area (Å²) in [4.78, 5) is 22.5. The van der Waals surface area contributed by atoms with Crippen LogP contribution in [0.25, 0.3) is 22.0 Å². The number of nitrogens with zero attached hydrogens (tertiary/aromatic N) is 3. The van der Waals surface area contributed by atoms with Crippen molar-refractivity contribution in [2.45, 2.75) is 52.1 Å². The van der Waals surface area contributed by atoms with Crippen LogP contribution < -0.4 is 10.1 Å². The van der Waals surface area contributed by atoms with E-state index in [9.17, 15) is 4.79 Å². The number of rotatable bonds is 8. The molecule has 1 fully saturated rings. The minimum absolute atomic E-state index is 0.0765. The zero-order valence-electron chi connectivity index (χ0n) is 20.9. The van der Waals surface area contributed by atoms with Gasteiger partial charge in [0, 0.05) is 29.4 Å². The highest BCUT2D eigenvalue weighted by Crippen LogP contribution is 2.34. The summed E-state index contributed by atoms with van der Waals surface area (Å²) in [7, 11) is 1.67. The van der Waals surface area contributed by atoms with E-state index < -0.39 is 0 Å². The quantitative estimate of drug-likeness (QED) is 0.300. The van der Waals surface area contributed by atoms with Crippen molar-refractivity contribution >= 4 is 17.2 Å². The van der Waals surface area contributed by atoms with Crippen LogP contribution in [0.5, 0.6) is 5.75 Å². The maximum absolute atomic E-state index is 13.2. The number of benzene rings is 1. The van der Waals surface area contributed by atoms with E-state index in [4.69, 9.17) is 9.72 Å². The van der Waals surface area contributed by atoms with Crippen LogP contribution in [0.2, 0.25) is 0 Å². The maximum atomic E-state index is 13.2. The number of carbonyl (C=O) groups is 1. The van der Waals surface area contributed by atoms with Gasteiger partial charge in [0.2, 0.25) is 0 Å². The van der Waals surface area contributed by atoms with Crippen molar-refractivity contribution in [3.05, 3.63) is 77.1 Å². The smallest absolute Gasteiger partial charge is 0.253 e. The Morgan fingerprint density at radius 3 is 2.67 bits per heavy atom. The van der Waals surface area contributed by atoms with Crippen molar-refractivity contribution in [1.29, 1.82) is 0 Å². The van der Waals surface area contributed by atoms with Crippen LogP contribution in [-0.4, -0.2) is 27.6 Å². The Hall–Kier alpha value is -3.45. The Labute approximate surface area is 216 Å². The van der Waals surface area contributed by atoms with E-state index in [1.54, 1.807) is 24.6 Å². The Balaban J connectivity index is 1.44. The minimum Gasteiger partial charge on any atom is -0.497 e. The number of pyridine rings is 1. The first kappa shape index (κ1) is 24.3. The molecule has 3 aromatic heterocycles. The summed E-state index contributed by atoms with van der Waals surface area (Å²) in [6, 6.07) is 15.7. The van der Waals surface area contributed by atoms with Crippen molar-refractivity contribution in [3.63, 3.8) is 0 Å². The fourth-order valence-corrected chi connectivity index (χ4v) is 5.80. The van der Waals surface area contributed by atoms with Crippen molar-refractivity contribution < 1.29 is 9.53 Å². The van der Waals surface area contributed by atoms with Gasteiger partial charge in [0.1, 0.15) is 10.8 Å². The number of nitrogens with one attached hydrogen (secondary N) is 1. The normalized spacial score (nSPS) is 14.1. The third kappa shape index (κ3) is 5.36. The number of methoxy groups -OCH3 is 1. The first-order valence-corrected chi connectivity index (χ1v) is 13.5. The summed E-state index contributed by atoms with van der Waals surface area (Å²) in [5, 5.41) is 6.10. The summed E-state index contributed by atoms with van der Waals surface area (Å²) >= 11 is 1.62. The largest absolute Gasteiger partial charge is 0.497 e. The third-order valence-electron chi connectivity index (χ3n) is 7.04. The fourth-order valence-electron chi connectivity index (χ4n) is 4.98. The van der Waals surface area contributed by atoms with E-state index in [0.717, 1.165) is 45.6 Å². The summed E-state index contributed by atoms with van der Waals surface area (Å²) in [5.74, 6) is 1.38. The van der Waals surface area contributed by atoms with E-state index in [1.807, 2.05) is 48.5 Å². The molecule has 1 saturated carbocycles. The summed E-state index contributed by atoms with van der Waals surface area (Å²) < 4.78 is 7.61. The lowest BCUT2D eigenvalue weighted by Crippen LogP contribution is -2.24. The van der Waals surface area contributed by atoms with Crippen molar-refractivity contribution in [3.8, 4) is 27.7 Å². The first-order chi connectivity index (χ1) is 17.6. The van der Waals surface area contributed by atoms with E-state index in [1.165, 1.54) is 32.1 Å². The molecule has 0 saturated heterocycles. The van der Waals surface area contributed by atoms with Crippen LogP contribution in [-0.2, 0) is 13.1 Å². The number of aromatic nitrogens is 3.